The van der Waals surface area contributed by atoms with Crippen molar-refractivity contribution in [1.29, 1.82) is 10.5 Å². The SMILES string of the molecule is N#Cc1cc(Oc2ccc(Cl)cc2)c(N2CCCCC2)cc1C#N. The predicted molar refractivity (Wildman–Crippen MR) is 93.5 cm³/mol. The zero-order valence-electron chi connectivity index (χ0n) is 13.1. The first kappa shape index (κ1) is 16.2. The van der Waals surface area contributed by atoms with Gasteiger partial charge >= 0.3 is 0 Å². The highest BCUT2D eigenvalue weighted by Crippen LogP contribution is 2.36. The van der Waals surface area contributed by atoms with Crippen LogP contribution in [0.4, 0.5) is 5.69 Å². The average Bonchev–Trinajstić information content (AvgIpc) is 2.64. The lowest BCUT2D eigenvalue weighted by Gasteiger charge is -2.30. The summed E-state index contributed by atoms with van der Waals surface area (Å²) in [5, 5.41) is 19.2. The molecule has 120 valence electrons. The number of nitriles is 2. The fourth-order valence-corrected chi connectivity index (χ4v) is 2.97. The number of benzene rings is 2. The van der Waals surface area contributed by atoms with Crippen LogP contribution in [0.1, 0.15) is 30.4 Å². The highest BCUT2D eigenvalue weighted by Gasteiger charge is 2.19. The minimum absolute atomic E-state index is 0.322. The maximum atomic E-state index is 9.31. The summed E-state index contributed by atoms with van der Waals surface area (Å²) in [6.07, 6.45) is 3.44. The van der Waals surface area contributed by atoms with E-state index in [-0.39, 0.29) is 0 Å². The van der Waals surface area contributed by atoms with Gasteiger partial charge in [0.2, 0.25) is 0 Å². The molecule has 0 bridgehead atoms. The number of ether oxygens (including phenoxy) is 1. The van der Waals surface area contributed by atoms with Crippen molar-refractivity contribution in [2.24, 2.45) is 0 Å². The Bertz CT molecular complexity index is 812. The molecular formula is C19H16ClN3O. The van der Waals surface area contributed by atoms with Gasteiger partial charge in [-0.3, -0.25) is 0 Å². The van der Waals surface area contributed by atoms with Crippen molar-refractivity contribution in [3.05, 3.63) is 52.5 Å². The van der Waals surface area contributed by atoms with Gasteiger partial charge in [0.1, 0.15) is 17.9 Å². The zero-order valence-corrected chi connectivity index (χ0v) is 13.9. The molecule has 5 heteroatoms. The third-order valence-electron chi connectivity index (χ3n) is 4.08. The van der Waals surface area contributed by atoms with Crippen LogP contribution in [0.15, 0.2) is 36.4 Å². The Morgan fingerprint density at radius 1 is 0.917 bits per heavy atom. The van der Waals surface area contributed by atoms with E-state index in [4.69, 9.17) is 16.3 Å². The molecule has 0 saturated carbocycles. The van der Waals surface area contributed by atoms with E-state index >= 15 is 0 Å². The van der Waals surface area contributed by atoms with Crippen molar-refractivity contribution in [3.63, 3.8) is 0 Å². The molecule has 2 aromatic carbocycles. The number of rotatable bonds is 3. The second kappa shape index (κ2) is 7.25. The molecule has 1 saturated heterocycles. The molecule has 0 amide bonds. The van der Waals surface area contributed by atoms with Gasteiger partial charge in [-0.25, -0.2) is 0 Å². The molecular weight excluding hydrogens is 322 g/mol. The summed E-state index contributed by atoms with van der Waals surface area (Å²) in [5.41, 5.74) is 1.56. The van der Waals surface area contributed by atoms with Crippen molar-refractivity contribution in [1.82, 2.24) is 0 Å². The maximum absolute atomic E-state index is 9.31. The fraction of sp³-hybridized carbons (Fsp3) is 0.263. The monoisotopic (exact) mass is 337 g/mol. The standard InChI is InChI=1S/C19H16ClN3O/c20-16-4-6-17(7-5-16)24-19-11-15(13-22)14(12-21)10-18(19)23-8-2-1-3-9-23/h4-7,10-11H,1-3,8-9H2. The van der Waals surface area contributed by atoms with E-state index in [1.807, 2.05) is 0 Å². The summed E-state index contributed by atoms with van der Waals surface area (Å²) < 4.78 is 6.00. The molecule has 0 aromatic heterocycles. The Labute approximate surface area is 146 Å². The van der Waals surface area contributed by atoms with Crippen LogP contribution >= 0.6 is 11.6 Å². The second-order valence-corrected chi connectivity index (χ2v) is 6.13. The van der Waals surface area contributed by atoms with E-state index < -0.39 is 0 Å². The largest absolute Gasteiger partial charge is 0.455 e. The Balaban J connectivity index is 2.02. The molecule has 1 heterocycles. The van der Waals surface area contributed by atoms with Gasteiger partial charge in [0.05, 0.1) is 16.8 Å². The minimum Gasteiger partial charge on any atom is -0.455 e. The van der Waals surface area contributed by atoms with Crippen LogP contribution < -0.4 is 9.64 Å². The van der Waals surface area contributed by atoms with E-state index in [1.54, 1.807) is 36.4 Å². The van der Waals surface area contributed by atoms with Crippen LogP contribution in [0.25, 0.3) is 0 Å². The number of piperidine rings is 1. The number of hydrogen-bond acceptors (Lipinski definition) is 4. The molecule has 3 rings (SSSR count). The first-order chi connectivity index (χ1) is 11.7. The Hall–Kier alpha value is -2.69. The maximum Gasteiger partial charge on any atom is 0.152 e. The molecule has 24 heavy (non-hydrogen) atoms. The molecule has 0 spiro atoms. The Morgan fingerprint density at radius 3 is 2.17 bits per heavy atom. The summed E-state index contributed by atoms with van der Waals surface area (Å²) in [6, 6.07) is 14.7. The predicted octanol–water partition coefficient (Wildman–Crippen LogP) is 4.87. The first-order valence-electron chi connectivity index (χ1n) is 7.88. The van der Waals surface area contributed by atoms with Gasteiger partial charge in [-0.05, 0) is 49.6 Å². The summed E-state index contributed by atoms with van der Waals surface area (Å²) in [4.78, 5) is 2.22. The third kappa shape index (κ3) is 3.45. The fourth-order valence-electron chi connectivity index (χ4n) is 2.85. The summed E-state index contributed by atoms with van der Waals surface area (Å²) in [5.74, 6) is 1.24. The van der Waals surface area contributed by atoms with E-state index in [0.29, 0.717) is 27.6 Å². The molecule has 2 aromatic rings. The molecule has 0 aliphatic carbocycles. The van der Waals surface area contributed by atoms with Crippen LogP contribution in [-0.4, -0.2) is 13.1 Å². The number of anilines is 1. The van der Waals surface area contributed by atoms with Gasteiger partial charge in [-0.2, -0.15) is 10.5 Å². The number of nitrogens with zero attached hydrogens (tertiary/aromatic N) is 3. The summed E-state index contributed by atoms with van der Waals surface area (Å²) >= 11 is 5.91. The van der Waals surface area contributed by atoms with Crippen molar-refractivity contribution in [2.75, 3.05) is 18.0 Å². The average molecular weight is 338 g/mol. The van der Waals surface area contributed by atoms with Crippen molar-refractivity contribution in [3.8, 4) is 23.6 Å². The van der Waals surface area contributed by atoms with Gasteiger partial charge in [0.15, 0.2) is 5.75 Å². The normalized spacial score (nSPS) is 13.9. The Kier molecular flexibility index (Phi) is 4.89. The lowest BCUT2D eigenvalue weighted by atomic mass is 10.0. The lowest BCUT2D eigenvalue weighted by molar-refractivity contribution is 0.476. The van der Waals surface area contributed by atoms with Crippen LogP contribution in [0.3, 0.4) is 0 Å². The molecule has 0 unspecified atom stereocenters. The van der Waals surface area contributed by atoms with Gasteiger partial charge in [0.25, 0.3) is 0 Å². The van der Waals surface area contributed by atoms with E-state index in [1.165, 1.54) is 6.42 Å². The molecule has 1 fully saturated rings. The van der Waals surface area contributed by atoms with Crippen molar-refractivity contribution >= 4 is 17.3 Å². The van der Waals surface area contributed by atoms with Crippen LogP contribution in [0, 0.1) is 22.7 Å². The van der Waals surface area contributed by atoms with E-state index in [2.05, 4.69) is 17.0 Å². The van der Waals surface area contributed by atoms with Crippen molar-refractivity contribution < 1.29 is 4.74 Å². The van der Waals surface area contributed by atoms with Crippen LogP contribution in [-0.2, 0) is 0 Å². The van der Waals surface area contributed by atoms with Gasteiger partial charge in [0, 0.05) is 24.2 Å². The van der Waals surface area contributed by atoms with Crippen molar-refractivity contribution in [2.45, 2.75) is 19.3 Å². The topological polar surface area (TPSA) is 60.0 Å². The molecule has 0 radical (unpaired) electrons. The molecule has 0 atom stereocenters. The third-order valence-corrected chi connectivity index (χ3v) is 4.33. The van der Waals surface area contributed by atoms with Crippen LogP contribution in [0.2, 0.25) is 5.02 Å². The highest BCUT2D eigenvalue weighted by atomic mass is 35.5. The summed E-state index contributed by atoms with van der Waals surface area (Å²) in [6.45, 7) is 1.85. The van der Waals surface area contributed by atoms with Gasteiger partial charge in [-0.15, -0.1) is 0 Å². The quantitative estimate of drug-likeness (QED) is 0.802. The second-order valence-electron chi connectivity index (χ2n) is 5.69. The molecule has 1 aliphatic rings. The van der Waals surface area contributed by atoms with E-state index in [0.717, 1.165) is 31.6 Å². The lowest BCUT2D eigenvalue weighted by Crippen LogP contribution is -2.29. The highest BCUT2D eigenvalue weighted by molar-refractivity contribution is 6.30. The number of hydrogen-bond donors (Lipinski definition) is 0. The zero-order chi connectivity index (χ0) is 16.9. The van der Waals surface area contributed by atoms with Gasteiger partial charge in [-0.1, -0.05) is 11.6 Å². The first-order valence-corrected chi connectivity index (χ1v) is 8.25. The summed E-state index contributed by atoms with van der Waals surface area (Å²) in [7, 11) is 0. The molecule has 4 nitrogen and oxygen atoms in total. The Morgan fingerprint density at radius 2 is 1.54 bits per heavy atom. The minimum atomic E-state index is 0.322. The molecule has 1 aliphatic heterocycles. The van der Waals surface area contributed by atoms with Crippen LogP contribution in [0.5, 0.6) is 11.5 Å². The number of halogens is 1. The smallest absolute Gasteiger partial charge is 0.152 e. The van der Waals surface area contributed by atoms with Gasteiger partial charge < -0.3 is 9.64 Å². The molecule has 0 N–H and O–H groups in total. The van der Waals surface area contributed by atoms with E-state index in [9.17, 15) is 10.5 Å².